The van der Waals surface area contributed by atoms with Gasteiger partial charge in [-0.15, -0.1) is 0 Å². The van der Waals surface area contributed by atoms with Crippen molar-refractivity contribution in [3.63, 3.8) is 0 Å². The zero-order valence-electron chi connectivity index (χ0n) is 52.8. The highest BCUT2D eigenvalue weighted by molar-refractivity contribution is 6.32. The van der Waals surface area contributed by atoms with E-state index in [1.54, 1.807) is 14.7 Å². The highest BCUT2D eigenvalue weighted by Gasteiger charge is 2.23. The number of nitrogens with two attached hydrogens (primary N) is 3. The third-order valence-electron chi connectivity index (χ3n) is 15.7. The quantitative estimate of drug-likeness (QED) is 0.0413. The van der Waals surface area contributed by atoms with Crippen molar-refractivity contribution in [1.29, 1.82) is 0 Å². The van der Waals surface area contributed by atoms with Crippen molar-refractivity contribution in [3.8, 4) is 0 Å². The summed E-state index contributed by atoms with van der Waals surface area (Å²) in [6.07, 6.45) is 6.99. The number of anilines is 6. The molecular formula is C63H90Cl3N21. The summed E-state index contributed by atoms with van der Waals surface area (Å²) in [7, 11) is 5.58. The molecule has 0 spiro atoms. The molecule has 6 aromatic rings. The minimum absolute atomic E-state index is 0.318. The van der Waals surface area contributed by atoms with Crippen molar-refractivity contribution in [2.24, 2.45) is 32.2 Å². The second-order valence-corrected chi connectivity index (χ2v) is 23.8. The Bertz CT molecular complexity index is 2990. The average molecular weight is 1250 g/mol. The van der Waals surface area contributed by atoms with Gasteiger partial charge in [0.25, 0.3) is 17.8 Å². The van der Waals surface area contributed by atoms with E-state index in [9.17, 15) is 0 Å². The summed E-state index contributed by atoms with van der Waals surface area (Å²) in [5, 5.41) is 12.8. The maximum Gasteiger partial charge on any atom is 0.254 e. The third-order valence-corrected chi connectivity index (χ3v) is 17.0. The smallest absolute Gasteiger partial charge is 0.254 e. The number of benzene rings is 3. The first-order valence-corrected chi connectivity index (χ1v) is 31.3. The Balaban J connectivity index is 0.000000186. The summed E-state index contributed by atoms with van der Waals surface area (Å²) in [6.45, 7) is 28.1. The van der Waals surface area contributed by atoms with E-state index in [1.165, 1.54) is 38.9 Å². The molecule has 1 unspecified atom stereocenters. The van der Waals surface area contributed by atoms with Gasteiger partial charge in [0.1, 0.15) is 17.5 Å². The van der Waals surface area contributed by atoms with Gasteiger partial charge in [-0.05, 0) is 191 Å². The number of aryl methyl sites for hydroxylation is 6. The van der Waals surface area contributed by atoms with Crippen LogP contribution in [0.3, 0.4) is 0 Å². The van der Waals surface area contributed by atoms with E-state index < -0.39 is 0 Å². The fraction of sp³-hybridized carbons (Fsp3) is 0.476. The van der Waals surface area contributed by atoms with E-state index in [0.717, 1.165) is 142 Å². The maximum atomic E-state index is 6.23. The molecule has 21 nitrogen and oxygen atoms in total. The van der Waals surface area contributed by atoms with Crippen molar-refractivity contribution < 1.29 is 0 Å². The van der Waals surface area contributed by atoms with Gasteiger partial charge in [-0.2, -0.15) is 29.9 Å². The number of likely N-dealkylation sites (tertiary alicyclic amines) is 3. The second-order valence-electron chi connectivity index (χ2n) is 22.6. The lowest BCUT2D eigenvalue weighted by Gasteiger charge is -2.32. The van der Waals surface area contributed by atoms with E-state index >= 15 is 0 Å². The zero-order chi connectivity index (χ0) is 62.9. The predicted molar refractivity (Wildman–Crippen MR) is 364 cm³/mol. The molecule has 3 aromatic carbocycles. The Morgan fingerprint density at radius 1 is 0.448 bits per heavy atom. The molecule has 0 bridgehead atoms. The standard InChI is InChI=1S/3C21H30ClN7/c3*1-5-29-10-6-7-16(13-29)25-19-12-15(3)24-21(26-19)27-20(23)28(4)17-8-9-18(22)14(2)11-17/h3*8-9,11-12,16H,5-7,10,13H2,1-4H3,(H3,23,24,25,26,27)/t2*16-;/m10./s1. The van der Waals surface area contributed by atoms with Gasteiger partial charge in [0.05, 0.1) is 0 Å². The highest BCUT2D eigenvalue weighted by Crippen LogP contribution is 2.27. The van der Waals surface area contributed by atoms with Crippen molar-refractivity contribution in [2.75, 3.05) is 111 Å². The Hall–Kier alpha value is -7.14. The first kappa shape index (κ1) is 67.4. The van der Waals surface area contributed by atoms with Crippen LogP contribution < -0.4 is 47.9 Å². The van der Waals surface area contributed by atoms with Gasteiger partial charge in [-0.25, -0.2) is 15.0 Å². The molecule has 0 radical (unpaired) electrons. The van der Waals surface area contributed by atoms with Crippen molar-refractivity contribution >= 4 is 105 Å². The highest BCUT2D eigenvalue weighted by atomic mass is 35.5. The van der Waals surface area contributed by atoms with Crippen LogP contribution in [0.15, 0.2) is 87.8 Å². The number of guanidine groups is 3. The SMILES string of the molecule is CCN1CCCC(Nc2cc(C)nc(N=C(N)N(C)c3ccc(Cl)c(C)c3)n2)C1.CCN1CCC[C@@H](Nc2cc(C)nc(N=C(N)N(C)c3ccc(Cl)c(C)c3)n2)C1.CCN1CCC[C@H](Nc2cc(C)nc(N=C(N)N(C)c3ccc(Cl)c(C)c3)n2)C1. The Morgan fingerprint density at radius 3 is 0.954 bits per heavy atom. The predicted octanol–water partition coefficient (Wildman–Crippen LogP) is 11.2. The van der Waals surface area contributed by atoms with Crippen LogP contribution in [0.2, 0.25) is 15.1 Å². The molecular weight excluding hydrogens is 1160 g/mol. The van der Waals surface area contributed by atoms with E-state index in [2.05, 4.69) is 96.3 Å². The molecule has 3 aliphatic heterocycles. The van der Waals surface area contributed by atoms with Gasteiger partial charge in [-0.1, -0.05) is 55.6 Å². The second kappa shape index (κ2) is 32.2. The van der Waals surface area contributed by atoms with Crippen LogP contribution in [0.4, 0.5) is 52.4 Å². The van der Waals surface area contributed by atoms with Gasteiger partial charge in [0.2, 0.25) is 17.9 Å². The average Bonchev–Trinajstić information content (AvgIpc) is 3.66. The lowest BCUT2D eigenvalue weighted by Crippen LogP contribution is -2.42. The van der Waals surface area contributed by atoms with Crippen molar-refractivity contribution in [1.82, 2.24) is 44.6 Å². The minimum atomic E-state index is 0.318. The molecule has 9 N–H and O–H groups in total. The summed E-state index contributed by atoms with van der Waals surface area (Å²) in [4.78, 5) is 53.1. The number of rotatable bonds is 15. The normalized spacial score (nSPS) is 18.0. The lowest BCUT2D eigenvalue weighted by molar-refractivity contribution is 0.226. The maximum absolute atomic E-state index is 6.23. The fourth-order valence-corrected chi connectivity index (χ4v) is 10.8. The van der Waals surface area contributed by atoms with Gasteiger partial charge in [0, 0.05) is 126 Å². The van der Waals surface area contributed by atoms with Crippen molar-refractivity contribution in [2.45, 2.75) is 119 Å². The summed E-state index contributed by atoms with van der Waals surface area (Å²) in [5.74, 6) is 4.38. The Kier molecular flexibility index (Phi) is 24.9. The number of halogens is 3. The van der Waals surface area contributed by atoms with Gasteiger partial charge in [-0.3, -0.25) is 0 Å². The molecule has 468 valence electrons. The van der Waals surface area contributed by atoms with Crippen LogP contribution >= 0.6 is 34.8 Å². The Labute approximate surface area is 530 Å². The molecule has 0 amide bonds. The molecule has 3 atom stereocenters. The molecule has 0 saturated carbocycles. The Morgan fingerprint density at radius 2 is 0.713 bits per heavy atom. The molecule has 9 rings (SSSR count). The zero-order valence-corrected chi connectivity index (χ0v) is 55.1. The van der Waals surface area contributed by atoms with Crippen LogP contribution in [-0.2, 0) is 0 Å². The molecule has 3 saturated heterocycles. The van der Waals surface area contributed by atoms with Gasteiger partial charge in [0.15, 0.2) is 0 Å². The first-order valence-electron chi connectivity index (χ1n) is 30.1. The number of nitrogens with one attached hydrogen (secondary N) is 3. The van der Waals surface area contributed by atoms with Crippen LogP contribution in [-0.4, -0.2) is 161 Å². The van der Waals surface area contributed by atoms with Gasteiger partial charge < -0.3 is 62.6 Å². The van der Waals surface area contributed by atoms with Crippen LogP contribution in [0.1, 0.15) is 93.1 Å². The van der Waals surface area contributed by atoms with E-state index in [4.69, 9.17) is 52.0 Å². The lowest BCUT2D eigenvalue weighted by atomic mass is 10.1. The fourth-order valence-electron chi connectivity index (χ4n) is 10.5. The first-order chi connectivity index (χ1) is 41.6. The van der Waals surface area contributed by atoms with Crippen LogP contribution in [0, 0.1) is 41.5 Å². The van der Waals surface area contributed by atoms with Crippen molar-refractivity contribution in [3.05, 3.63) is 122 Å². The monoisotopic (exact) mass is 1250 g/mol. The molecule has 3 aliphatic rings. The number of nitrogens with zero attached hydrogens (tertiary/aromatic N) is 15. The molecule has 3 aromatic heterocycles. The van der Waals surface area contributed by atoms with Gasteiger partial charge >= 0.3 is 0 Å². The molecule has 6 heterocycles. The van der Waals surface area contributed by atoms with E-state index in [1.807, 2.05) is 135 Å². The topological polar surface area (TPSA) is 248 Å². The van der Waals surface area contributed by atoms with Crippen LogP contribution in [0.25, 0.3) is 0 Å². The molecule has 0 aliphatic carbocycles. The molecule has 3 fully saturated rings. The number of hydrogen-bond donors (Lipinski definition) is 6. The van der Waals surface area contributed by atoms with E-state index in [-0.39, 0.29) is 0 Å². The molecule has 87 heavy (non-hydrogen) atoms. The number of piperidine rings is 3. The summed E-state index contributed by atoms with van der Waals surface area (Å²) < 4.78 is 0. The van der Waals surface area contributed by atoms with Crippen LogP contribution in [0.5, 0.6) is 0 Å². The number of likely N-dealkylation sites (N-methyl/N-ethyl adjacent to an activating group) is 3. The summed E-state index contributed by atoms with van der Waals surface area (Å²) in [6, 6.07) is 24.2. The number of aromatic nitrogens is 6. The molecule has 24 heteroatoms. The summed E-state index contributed by atoms with van der Waals surface area (Å²) >= 11 is 18.4. The number of aliphatic imine (C=N–C) groups is 3. The largest absolute Gasteiger partial charge is 0.369 e. The minimum Gasteiger partial charge on any atom is -0.369 e. The third kappa shape index (κ3) is 20.2. The number of hydrogen-bond acceptors (Lipinski definition) is 15. The van der Waals surface area contributed by atoms with E-state index in [0.29, 0.717) is 53.8 Å². The summed E-state index contributed by atoms with van der Waals surface area (Å²) in [5.41, 5.74) is 26.9.